The summed E-state index contributed by atoms with van der Waals surface area (Å²) in [5, 5.41) is 0.725. The number of hydrogen-bond acceptors (Lipinski definition) is 3. The summed E-state index contributed by atoms with van der Waals surface area (Å²) in [5.74, 6) is 0.882. The van der Waals surface area contributed by atoms with E-state index >= 15 is 0 Å². The monoisotopic (exact) mass is 346 g/mol. The van der Waals surface area contributed by atoms with Crippen molar-refractivity contribution in [3.05, 3.63) is 64.7 Å². The minimum Gasteiger partial charge on any atom is -0.497 e. The van der Waals surface area contributed by atoms with Gasteiger partial charge in [0.05, 0.1) is 13.7 Å². The van der Waals surface area contributed by atoms with Crippen molar-refractivity contribution in [2.24, 2.45) is 0 Å². The smallest absolute Gasteiger partial charge is 0.236 e. The van der Waals surface area contributed by atoms with Crippen molar-refractivity contribution in [3.63, 3.8) is 0 Å². The number of nitrogens with zero attached hydrogens (tertiary/aromatic N) is 2. The molecular weight excluding hydrogens is 324 g/mol. The molecule has 0 saturated heterocycles. The maximum Gasteiger partial charge on any atom is 0.236 e. The van der Waals surface area contributed by atoms with E-state index in [9.17, 15) is 4.79 Å². The van der Waals surface area contributed by atoms with Crippen LogP contribution in [-0.2, 0) is 17.9 Å². The molecule has 0 unspecified atom stereocenters. The fourth-order valence-corrected chi connectivity index (χ4v) is 2.61. The summed E-state index contributed by atoms with van der Waals surface area (Å²) in [6, 6.07) is 15.4. The Morgan fingerprint density at radius 2 is 1.71 bits per heavy atom. The fourth-order valence-electron chi connectivity index (χ4n) is 2.42. The third-order valence-corrected chi connectivity index (χ3v) is 4.18. The number of halogens is 1. The van der Waals surface area contributed by atoms with Gasteiger partial charge in [-0.1, -0.05) is 41.9 Å². The normalized spacial score (nSPS) is 10.7. The molecule has 0 fully saturated rings. The third kappa shape index (κ3) is 5.25. The molecule has 4 nitrogen and oxygen atoms in total. The second kappa shape index (κ2) is 8.71. The lowest BCUT2D eigenvalue weighted by Gasteiger charge is -2.22. The average molecular weight is 347 g/mol. The Kier molecular flexibility index (Phi) is 6.64. The number of methoxy groups -OCH3 is 1. The Labute approximate surface area is 148 Å². The molecule has 0 bridgehead atoms. The van der Waals surface area contributed by atoms with Crippen molar-refractivity contribution in [1.82, 2.24) is 9.80 Å². The molecule has 0 aliphatic carbocycles. The van der Waals surface area contributed by atoms with E-state index < -0.39 is 0 Å². The molecule has 128 valence electrons. The van der Waals surface area contributed by atoms with Gasteiger partial charge >= 0.3 is 0 Å². The summed E-state index contributed by atoms with van der Waals surface area (Å²) in [7, 11) is 5.37. The predicted octanol–water partition coefficient (Wildman–Crippen LogP) is 3.44. The largest absolute Gasteiger partial charge is 0.497 e. The van der Waals surface area contributed by atoms with Gasteiger partial charge in [0.2, 0.25) is 5.91 Å². The standard InChI is InChI=1S/C19H23ClN2O2/c1-21(13-16-6-4-5-7-18(16)20)14-19(23)22(2)12-15-8-10-17(24-3)11-9-15/h4-11H,12-14H2,1-3H3. The molecule has 0 N–H and O–H groups in total. The van der Waals surface area contributed by atoms with Crippen LogP contribution >= 0.6 is 11.6 Å². The molecule has 0 atom stereocenters. The molecule has 2 rings (SSSR count). The first kappa shape index (κ1) is 18.3. The van der Waals surface area contributed by atoms with Gasteiger partial charge in [-0.2, -0.15) is 0 Å². The summed E-state index contributed by atoms with van der Waals surface area (Å²) < 4.78 is 5.14. The van der Waals surface area contributed by atoms with E-state index in [1.54, 1.807) is 12.0 Å². The maximum atomic E-state index is 12.4. The molecule has 0 heterocycles. The SMILES string of the molecule is COc1ccc(CN(C)C(=O)CN(C)Cc2ccccc2Cl)cc1. The number of amides is 1. The predicted molar refractivity (Wildman–Crippen MR) is 97.3 cm³/mol. The number of hydrogen-bond donors (Lipinski definition) is 0. The van der Waals surface area contributed by atoms with Gasteiger partial charge in [0, 0.05) is 25.2 Å². The Morgan fingerprint density at radius 3 is 2.33 bits per heavy atom. The van der Waals surface area contributed by atoms with E-state index in [4.69, 9.17) is 16.3 Å². The topological polar surface area (TPSA) is 32.8 Å². The Morgan fingerprint density at radius 1 is 1.04 bits per heavy atom. The number of benzene rings is 2. The maximum absolute atomic E-state index is 12.4. The van der Waals surface area contributed by atoms with Crippen LogP contribution < -0.4 is 4.74 Å². The number of likely N-dealkylation sites (N-methyl/N-ethyl adjacent to an activating group) is 2. The van der Waals surface area contributed by atoms with E-state index in [1.165, 1.54) is 0 Å². The van der Waals surface area contributed by atoms with Gasteiger partial charge in [-0.05, 0) is 36.4 Å². The molecule has 0 aliphatic rings. The van der Waals surface area contributed by atoms with E-state index in [1.807, 2.05) is 67.5 Å². The zero-order chi connectivity index (χ0) is 17.5. The van der Waals surface area contributed by atoms with Crippen molar-refractivity contribution in [2.75, 3.05) is 27.7 Å². The van der Waals surface area contributed by atoms with Gasteiger partial charge in [0.25, 0.3) is 0 Å². The molecule has 2 aromatic carbocycles. The van der Waals surface area contributed by atoms with Gasteiger partial charge in [-0.15, -0.1) is 0 Å². The molecular formula is C19H23ClN2O2. The summed E-state index contributed by atoms with van der Waals surface area (Å²) in [5.41, 5.74) is 2.09. The number of ether oxygens (including phenoxy) is 1. The Balaban J connectivity index is 1.87. The minimum atomic E-state index is 0.0698. The Hall–Kier alpha value is -2.04. The molecule has 0 spiro atoms. The first-order valence-electron chi connectivity index (χ1n) is 7.78. The lowest BCUT2D eigenvalue weighted by Crippen LogP contribution is -2.36. The van der Waals surface area contributed by atoms with Crippen molar-refractivity contribution in [2.45, 2.75) is 13.1 Å². The first-order valence-corrected chi connectivity index (χ1v) is 8.16. The van der Waals surface area contributed by atoms with Crippen molar-refractivity contribution in [1.29, 1.82) is 0 Å². The van der Waals surface area contributed by atoms with E-state index in [-0.39, 0.29) is 5.91 Å². The van der Waals surface area contributed by atoms with Crippen molar-refractivity contribution in [3.8, 4) is 5.75 Å². The molecule has 24 heavy (non-hydrogen) atoms. The average Bonchev–Trinajstić information content (AvgIpc) is 2.57. The number of carbonyl (C=O) groups excluding carboxylic acids is 1. The zero-order valence-corrected chi connectivity index (χ0v) is 15.1. The second-order valence-corrected chi connectivity index (χ2v) is 6.27. The molecule has 2 aromatic rings. The highest BCUT2D eigenvalue weighted by Gasteiger charge is 2.13. The molecule has 0 saturated carbocycles. The summed E-state index contributed by atoms with van der Waals surface area (Å²) >= 11 is 6.17. The van der Waals surface area contributed by atoms with Gasteiger partial charge in [-0.25, -0.2) is 0 Å². The Bertz CT molecular complexity index is 673. The molecule has 0 radical (unpaired) electrons. The van der Waals surface area contributed by atoms with Gasteiger partial charge in [0.1, 0.15) is 5.75 Å². The highest BCUT2D eigenvalue weighted by Crippen LogP contribution is 2.16. The number of carbonyl (C=O) groups is 1. The van der Waals surface area contributed by atoms with Crippen LogP contribution in [-0.4, -0.2) is 43.5 Å². The fraction of sp³-hybridized carbons (Fsp3) is 0.316. The first-order chi connectivity index (χ1) is 11.5. The van der Waals surface area contributed by atoms with Crippen molar-refractivity contribution < 1.29 is 9.53 Å². The minimum absolute atomic E-state index is 0.0698. The van der Waals surface area contributed by atoms with Gasteiger partial charge < -0.3 is 9.64 Å². The highest BCUT2D eigenvalue weighted by molar-refractivity contribution is 6.31. The molecule has 5 heteroatoms. The van der Waals surface area contributed by atoms with Gasteiger partial charge in [-0.3, -0.25) is 9.69 Å². The number of rotatable bonds is 7. The van der Waals surface area contributed by atoms with Crippen LogP contribution in [0.4, 0.5) is 0 Å². The second-order valence-electron chi connectivity index (χ2n) is 5.86. The van der Waals surface area contributed by atoms with Gasteiger partial charge in [0.15, 0.2) is 0 Å². The van der Waals surface area contributed by atoms with Crippen LogP contribution in [0.3, 0.4) is 0 Å². The van der Waals surface area contributed by atoms with E-state index in [0.717, 1.165) is 21.9 Å². The van der Waals surface area contributed by atoms with Crippen LogP contribution in [0.2, 0.25) is 5.02 Å². The lowest BCUT2D eigenvalue weighted by molar-refractivity contribution is -0.131. The summed E-state index contributed by atoms with van der Waals surface area (Å²) in [6.07, 6.45) is 0. The summed E-state index contributed by atoms with van der Waals surface area (Å²) in [4.78, 5) is 16.1. The summed E-state index contributed by atoms with van der Waals surface area (Å²) in [6.45, 7) is 1.56. The van der Waals surface area contributed by atoms with Crippen LogP contribution in [0, 0.1) is 0 Å². The van der Waals surface area contributed by atoms with E-state index in [2.05, 4.69) is 0 Å². The molecule has 0 aromatic heterocycles. The van der Waals surface area contributed by atoms with Crippen molar-refractivity contribution >= 4 is 17.5 Å². The van der Waals surface area contributed by atoms with Crippen LogP contribution in [0.1, 0.15) is 11.1 Å². The highest BCUT2D eigenvalue weighted by atomic mass is 35.5. The molecule has 1 amide bonds. The van der Waals surface area contributed by atoms with Crippen LogP contribution in [0.15, 0.2) is 48.5 Å². The van der Waals surface area contributed by atoms with Crippen LogP contribution in [0.5, 0.6) is 5.75 Å². The third-order valence-electron chi connectivity index (χ3n) is 3.81. The van der Waals surface area contributed by atoms with Crippen LogP contribution in [0.25, 0.3) is 0 Å². The quantitative estimate of drug-likeness (QED) is 0.770. The van der Waals surface area contributed by atoms with E-state index in [0.29, 0.717) is 19.6 Å². The lowest BCUT2D eigenvalue weighted by atomic mass is 10.2. The molecule has 0 aliphatic heterocycles. The zero-order valence-electron chi connectivity index (χ0n) is 14.3.